The molecule has 13 heavy (non-hydrogen) atoms. The lowest BCUT2D eigenvalue weighted by Gasteiger charge is -2.32. The summed E-state index contributed by atoms with van der Waals surface area (Å²) in [5.74, 6) is 0.659. The lowest BCUT2D eigenvalue weighted by molar-refractivity contribution is -0.0924. The Bertz CT molecular complexity index is 194. The van der Waals surface area contributed by atoms with Gasteiger partial charge in [-0.1, -0.05) is 6.92 Å². The summed E-state index contributed by atoms with van der Waals surface area (Å²) in [5, 5.41) is 9.95. The van der Waals surface area contributed by atoms with Crippen molar-refractivity contribution >= 4 is 0 Å². The fourth-order valence-corrected chi connectivity index (χ4v) is 1.38. The van der Waals surface area contributed by atoms with Crippen LogP contribution in [0.15, 0.2) is 11.8 Å². The Kier molecular flexibility index (Phi) is 3.33. The highest BCUT2D eigenvalue weighted by atomic mass is 16.5. The molecule has 1 N–H and O–H groups in total. The van der Waals surface area contributed by atoms with E-state index in [2.05, 4.69) is 0 Å². The van der Waals surface area contributed by atoms with Gasteiger partial charge < -0.3 is 14.6 Å². The molecule has 0 spiro atoms. The van der Waals surface area contributed by atoms with Gasteiger partial charge in [0, 0.05) is 13.5 Å². The zero-order chi connectivity index (χ0) is 9.90. The van der Waals surface area contributed by atoms with Crippen molar-refractivity contribution in [3.05, 3.63) is 11.8 Å². The van der Waals surface area contributed by atoms with Gasteiger partial charge in [0.25, 0.3) is 0 Å². The smallest absolute Gasteiger partial charge is 0.139 e. The third kappa shape index (κ3) is 2.03. The van der Waals surface area contributed by atoms with Crippen LogP contribution in [0.1, 0.15) is 26.7 Å². The first kappa shape index (κ1) is 10.5. The molecule has 0 aromatic rings. The maximum atomic E-state index is 9.95. The van der Waals surface area contributed by atoms with Crippen molar-refractivity contribution < 1.29 is 14.6 Å². The zero-order valence-corrected chi connectivity index (χ0v) is 8.54. The van der Waals surface area contributed by atoms with Crippen LogP contribution in [0.2, 0.25) is 0 Å². The Hall–Kier alpha value is -0.540. The fourth-order valence-electron chi connectivity index (χ4n) is 1.38. The van der Waals surface area contributed by atoms with E-state index in [0.29, 0.717) is 12.4 Å². The minimum absolute atomic E-state index is 0.532. The van der Waals surface area contributed by atoms with Gasteiger partial charge in [-0.25, -0.2) is 0 Å². The second-order valence-corrected chi connectivity index (χ2v) is 3.52. The molecule has 0 bridgehead atoms. The van der Waals surface area contributed by atoms with E-state index in [9.17, 15) is 5.11 Å². The summed E-state index contributed by atoms with van der Waals surface area (Å²) in [6.07, 6.45) is 2.92. The predicted octanol–water partition coefficient (Wildman–Crippen LogP) is 1.47. The van der Waals surface area contributed by atoms with Gasteiger partial charge in [-0.05, 0) is 19.4 Å². The number of methoxy groups -OCH3 is 1. The fraction of sp³-hybridized carbons (Fsp3) is 0.800. The lowest BCUT2D eigenvalue weighted by atomic mass is 9.94. The van der Waals surface area contributed by atoms with Crippen molar-refractivity contribution in [2.75, 3.05) is 13.7 Å². The molecule has 1 aliphatic heterocycles. The summed E-state index contributed by atoms with van der Waals surface area (Å²) < 4.78 is 10.6. The third-order valence-electron chi connectivity index (χ3n) is 2.75. The average molecular weight is 186 g/mol. The third-order valence-corrected chi connectivity index (χ3v) is 2.75. The summed E-state index contributed by atoms with van der Waals surface area (Å²) in [4.78, 5) is 0. The molecule has 2 unspecified atom stereocenters. The van der Waals surface area contributed by atoms with E-state index in [0.717, 1.165) is 12.8 Å². The molecule has 0 saturated heterocycles. The first-order valence-corrected chi connectivity index (χ1v) is 4.70. The van der Waals surface area contributed by atoms with Gasteiger partial charge in [0.1, 0.15) is 11.9 Å². The van der Waals surface area contributed by atoms with E-state index in [1.54, 1.807) is 7.11 Å². The van der Waals surface area contributed by atoms with Crippen molar-refractivity contribution in [2.24, 2.45) is 0 Å². The first-order valence-electron chi connectivity index (χ1n) is 4.70. The van der Waals surface area contributed by atoms with Gasteiger partial charge in [-0.2, -0.15) is 0 Å². The van der Waals surface area contributed by atoms with Crippen LogP contribution in [0.4, 0.5) is 0 Å². The zero-order valence-electron chi connectivity index (χ0n) is 8.54. The number of ether oxygens (including phenoxy) is 2. The van der Waals surface area contributed by atoms with Gasteiger partial charge in [-0.3, -0.25) is 0 Å². The van der Waals surface area contributed by atoms with E-state index in [-0.39, 0.29) is 0 Å². The van der Waals surface area contributed by atoms with E-state index < -0.39 is 11.7 Å². The Morgan fingerprint density at radius 3 is 2.85 bits per heavy atom. The number of hydrogen-bond acceptors (Lipinski definition) is 3. The Balaban J connectivity index is 2.68. The van der Waals surface area contributed by atoms with E-state index >= 15 is 0 Å². The van der Waals surface area contributed by atoms with E-state index in [4.69, 9.17) is 9.47 Å². The molecule has 1 rings (SSSR count). The van der Waals surface area contributed by atoms with Crippen LogP contribution in [0.3, 0.4) is 0 Å². The van der Waals surface area contributed by atoms with Crippen LogP contribution in [-0.4, -0.2) is 30.5 Å². The summed E-state index contributed by atoms with van der Waals surface area (Å²) in [6, 6.07) is 0. The highest BCUT2D eigenvalue weighted by Crippen LogP contribution is 2.27. The Morgan fingerprint density at radius 1 is 1.77 bits per heavy atom. The van der Waals surface area contributed by atoms with Crippen molar-refractivity contribution in [1.29, 1.82) is 0 Å². The molecule has 0 amide bonds. The van der Waals surface area contributed by atoms with Gasteiger partial charge in [0.15, 0.2) is 0 Å². The molecule has 0 saturated carbocycles. The van der Waals surface area contributed by atoms with Crippen molar-refractivity contribution in [3.8, 4) is 0 Å². The van der Waals surface area contributed by atoms with Crippen molar-refractivity contribution in [1.82, 2.24) is 0 Å². The van der Waals surface area contributed by atoms with Crippen LogP contribution < -0.4 is 0 Å². The monoisotopic (exact) mass is 186 g/mol. The second kappa shape index (κ2) is 4.11. The maximum Gasteiger partial charge on any atom is 0.139 e. The van der Waals surface area contributed by atoms with Crippen LogP contribution >= 0.6 is 0 Å². The highest BCUT2D eigenvalue weighted by molar-refractivity contribution is 5.09. The summed E-state index contributed by atoms with van der Waals surface area (Å²) >= 11 is 0. The SMILES string of the molecule is CCC(C)(OC)C(O)C1=CCCO1. The van der Waals surface area contributed by atoms with Crippen molar-refractivity contribution in [3.63, 3.8) is 0 Å². The lowest BCUT2D eigenvalue weighted by Crippen LogP contribution is -2.42. The molecule has 1 heterocycles. The quantitative estimate of drug-likeness (QED) is 0.722. The molecule has 76 valence electrons. The molecular formula is C10H18O3. The van der Waals surface area contributed by atoms with Crippen molar-refractivity contribution in [2.45, 2.75) is 38.4 Å². The predicted molar refractivity (Wildman–Crippen MR) is 50.4 cm³/mol. The summed E-state index contributed by atoms with van der Waals surface area (Å²) in [7, 11) is 1.61. The minimum Gasteiger partial charge on any atom is -0.495 e. The molecule has 1 aliphatic rings. The van der Waals surface area contributed by atoms with Crippen LogP contribution in [-0.2, 0) is 9.47 Å². The molecule has 0 aliphatic carbocycles. The van der Waals surface area contributed by atoms with Gasteiger partial charge >= 0.3 is 0 Å². The molecule has 0 fully saturated rings. The maximum absolute atomic E-state index is 9.95. The molecule has 3 nitrogen and oxygen atoms in total. The van der Waals surface area contributed by atoms with Gasteiger partial charge in [0.2, 0.25) is 0 Å². The molecular weight excluding hydrogens is 168 g/mol. The highest BCUT2D eigenvalue weighted by Gasteiger charge is 2.35. The molecule has 0 radical (unpaired) electrons. The van der Waals surface area contributed by atoms with Crippen LogP contribution in [0.5, 0.6) is 0 Å². The number of hydrogen-bond donors (Lipinski definition) is 1. The number of rotatable bonds is 4. The van der Waals surface area contributed by atoms with Gasteiger partial charge in [0.05, 0.1) is 12.2 Å². The molecule has 2 atom stereocenters. The molecule has 3 heteroatoms. The van der Waals surface area contributed by atoms with Crippen LogP contribution in [0, 0.1) is 0 Å². The number of aliphatic hydroxyl groups is 1. The Labute approximate surface area is 79.3 Å². The normalized spacial score (nSPS) is 23.2. The van der Waals surface area contributed by atoms with Gasteiger partial charge in [-0.15, -0.1) is 0 Å². The van der Waals surface area contributed by atoms with E-state index in [1.807, 2.05) is 19.9 Å². The average Bonchev–Trinajstić information content (AvgIpc) is 2.68. The summed E-state index contributed by atoms with van der Waals surface area (Å²) in [5.41, 5.74) is -0.532. The first-order chi connectivity index (χ1) is 6.14. The minimum atomic E-state index is -0.648. The Morgan fingerprint density at radius 2 is 2.46 bits per heavy atom. The molecule has 0 aromatic heterocycles. The second-order valence-electron chi connectivity index (χ2n) is 3.52. The largest absolute Gasteiger partial charge is 0.495 e. The molecule has 0 aromatic carbocycles. The standard InChI is InChI=1S/C10H18O3/c1-4-10(2,12-3)9(11)8-6-5-7-13-8/h6,9,11H,4-5,7H2,1-3H3. The topological polar surface area (TPSA) is 38.7 Å². The van der Waals surface area contributed by atoms with E-state index in [1.165, 1.54) is 0 Å². The summed E-state index contributed by atoms with van der Waals surface area (Å²) in [6.45, 7) is 4.55. The van der Waals surface area contributed by atoms with Crippen LogP contribution in [0.25, 0.3) is 0 Å². The number of aliphatic hydroxyl groups excluding tert-OH is 1.